The number of alkyl halides is 3. The number of carbonyl (C=O) groups excluding carboxylic acids is 1. The molecule has 0 fully saturated rings. The minimum atomic E-state index is -4.81. The summed E-state index contributed by atoms with van der Waals surface area (Å²) in [5, 5.41) is 0. The molecule has 0 aliphatic rings. The molecule has 21 heavy (non-hydrogen) atoms. The maximum Gasteiger partial charge on any atom is 0.573 e. The highest BCUT2D eigenvalue weighted by Gasteiger charge is 2.31. The maximum absolute atomic E-state index is 12.2. The number of nitrogens with zero attached hydrogens (tertiary/aromatic N) is 1. The van der Waals surface area contributed by atoms with Crippen LogP contribution in [0.5, 0.6) is 5.75 Å². The van der Waals surface area contributed by atoms with E-state index in [9.17, 15) is 18.0 Å². The molecule has 0 atom stereocenters. The lowest BCUT2D eigenvalue weighted by atomic mass is 10.0. The van der Waals surface area contributed by atoms with Crippen molar-refractivity contribution in [2.75, 3.05) is 5.73 Å². The third kappa shape index (κ3) is 3.41. The third-order valence-electron chi connectivity index (χ3n) is 2.57. The molecule has 2 rings (SSSR count). The standard InChI is InChI=1S/C13H10F3N3O2/c14-13(15,16)21-8-3-1-2-7(6-8)11-10(12(18)20)9(17)4-5-19-11/h1-6H,(H2,17,19)(H2,18,20). The Labute approximate surface area is 117 Å². The van der Waals surface area contributed by atoms with Crippen LogP contribution >= 0.6 is 0 Å². The summed E-state index contributed by atoms with van der Waals surface area (Å²) in [6.45, 7) is 0. The van der Waals surface area contributed by atoms with Crippen molar-refractivity contribution in [1.29, 1.82) is 0 Å². The fourth-order valence-corrected chi connectivity index (χ4v) is 1.80. The molecule has 2 aromatic rings. The number of nitrogen functional groups attached to an aromatic ring is 1. The van der Waals surface area contributed by atoms with Crippen molar-refractivity contribution in [3.8, 4) is 17.0 Å². The predicted octanol–water partition coefficient (Wildman–Crippen LogP) is 2.33. The van der Waals surface area contributed by atoms with Gasteiger partial charge in [-0.15, -0.1) is 13.2 Å². The molecule has 8 heteroatoms. The Bertz CT molecular complexity index is 687. The van der Waals surface area contributed by atoms with Gasteiger partial charge in [0, 0.05) is 17.4 Å². The Morgan fingerprint density at radius 1 is 1.24 bits per heavy atom. The van der Waals surface area contributed by atoms with Crippen LogP contribution in [0.2, 0.25) is 0 Å². The Balaban J connectivity index is 2.51. The average Bonchev–Trinajstić information content (AvgIpc) is 2.36. The fourth-order valence-electron chi connectivity index (χ4n) is 1.80. The lowest BCUT2D eigenvalue weighted by Gasteiger charge is -2.12. The summed E-state index contributed by atoms with van der Waals surface area (Å²) in [5.74, 6) is -1.25. The Morgan fingerprint density at radius 3 is 2.57 bits per heavy atom. The van der Waals surface area contributed by atoms with Crippen molar-refractivity contribution < 1.29 is 22.7 Å². The molecule has 1 aromatic carbocycles. The third-order valence-corrected chi connectivity index (χ3v) is 2.57. The summed E-state index contributed by atoms with van der Waals surface area (Å²) in [6.07, 6.45) is -3.48. The minimum Gasteiger partial charge on any atom is -0.406 e. The van der Waals surface area contributed by atoms with Gasteiger partial charge in [-0.3, -0.25) is 9.78 Å². The average molecular weight is 297 g/mol. The van der Waals surface area contributed by atoms with Gasteiger partial charge in [0.25, 0.3) is 5.91 Å². The van der Waals surface area contributed by atoms with Crippen molar-refractivity contribution in [1.82, 2.24) is 4.98 Å². The molecule has 5 nitrogen and oxygen atoms in total. The molecule has 0 aliphatic heterocycles. The summed E-state index contributed by atoms with van der Waals surface area (Å²) in [6, 6.07) is 6.41. The Kier molecular flexibility index (Phi) is 3.70. The first-order chi connectivity index (χ1) is 9.78. The number of amides is 1. The quantitative estimate of drug-likeness (QED) is 0.909. The zero-order chi connectivity index (χ0) is 15.6. The molecule has 0 spiro atoms. The summed E-state index contributed by atoms with van der Waals surface area (Å²) in [7, 11) is 0. The maximum atomic E-state index is 12.2. The molecular weight excluding hydrogens is 287 g/mol. The molecule has 0 aliphatic carbocycles. The van der Waals surface area contributed by atoms with Gasteiger partial charge >= 0.3 is 6.36 Å². The lowest BCUT2D eigenvalue weighted by molar-refractivity contribution is -0.274. The van der Waals surface area contributed by atoms with Crippen molar-refractivity contribution >= 4 is 11.6 Å². The Morgan fingerprint density at radius 2 is 1.95 bits per heavy atom. The highest BCUT2D eigenvalue weighted by molar-refractivity contribution is 6.03. The van der Waals surface area contributed by atoms with Crippen LogP contribution in [-0.4, -0.2) is 17.3 Å². The number of hydrogen-bond donors (Lipinski definition) is 2. The van der Waals surface area contributed by atoms with E-state index in [1.807, 2.05) is 0 Å². The summed E-state index contributed by atoms with van der Waals surface area (Å²) < 4.78 is 40.5. The lowest BCUT2D eigenvalue weighted by Crippen LogP contribution is -2.17. The highest BCUT2D eigenvalue weighted by Crippen LogP contribution is 2.30. The Hall–Kier alpha value is -2.77. The van der Waals surface area contributed by atoms with E-state index in [1.54, 1.807) is 0 Å². The molecule has 4 N–H and O–H groups in total. The number of benzene rings is 1. The topological polar surface area (TPSA) is 91.2 Å². The van der Waals surface area contributed by atoms with Crippen LogP contribution in [0.4, 0.5) is 18.9 Å². The van der Waals surface area contributed by atoms with Crippen molar-refractivity contribution in [3.05, 3.63) is 42.1 Å². The van der Waals surface area contributed by atoms with Crippen molar-refractivity contribution in [2.45, 2.75) is 6.36 Å². The van der Waals surface area contributed by atoms with Gasteiger partial charge in [-0.05, 0) is 18.2 Å². The van der Waals surface area contributed by atoms with Gasteiger partial charge in [0.15, 0.2) is 0 Å². The number of carbonyl (C=O) groups is 1. The first-order valence-electron chi connectivity index (χ1n) is 5.68. The SMILES string of the molecule is NC(=O)c1c(N)ccnc1-c1cccc(OC(F)(F)F)c1. The summed E-state index contributed by atoms with van der Waals surface area (Å²) in [4.78, 5) is 15.4. The first-order valence-corrected chi connectivity index (χ1v) is 5.68. The number of ether oxygens (including phenoxy) is 1. The molecule has 1 heterocycles. The van der Waals surface area contributed by atoms with Gasteiger partial charge in [0.05, 0.1) is 11.3 Å². The molecule has 1 amide bonds. The smallest absolute Gasteiger partial charge is 0.406 e. The molecule has 0 saturated heterocycles. The van der Waals surface area contributed by atoms with Gasteiger partial charge in [-0.2, -0.15) is 0 Å². The zero-order valence-corrected chi connectivity index (χ0v) is 10.5. The molecule has 0 unspecified atom stereocenters. The van der Waals surface area contributed by atoms with Crippen LogP contribution in [0.15, 0.2) is 36.5 Å². The van der Waals surface area contributed by atoms with Crippen LogP contribution in [0.1, 0.15) is 10.4 Å². The number of halogens is 3. The van der Waals surface area contributed by atoms with Gasteiger partial charge in [-0.1, -0.05) is 12.1 Å². The summed E-state index contributed by atoms with van der Waals surface area (Å²) in [5.41, 5.74) is 11.2. The normalized spacial score (nSPS) is 11.2. The van der Waals surface area contributed by atoms with E-state index < -0.39 is 18.0 Å². The zero-order valence-electron chi connectivity index (χ0n) is 10.5. The monoisotopic (exact) mass is 297 g/mol. The highest BCUT2D eigenvalue weighted by atomic mass is 19.4. The largest absolute Gasteiger partial charge is 0.573 e. The van der Waals surface area contributed by atoms with Crippen LogP contribution in [0, 0.1) is 0 Å². The number of rotatable bonds is 3. The van der Waals surface area contributed by atoms with Crippen LogP contribution < -0.4 is 16.2 Å². The molecular formula is C13H10F3N3O2. The number of nitrogens with two attached hydrogens (primary N) is 2. The number of aromatic nitrogens is 1. The van der Waals surface area contributed by atoms with Crippen LogP contribution in [0.25, 0.3) is 11.3 Å². The molecule has 0 radical (unpaired) electrons. The van der Waals surface area contributed by atoms with Gasteiger partial charge in [0.1, 0.15) is 5.75 Å². The van der Waals surface area contributed by atoms with E-state index in [1.165, 1.54) is 24.4 Å². The minimum absolute atomic E-state index is 0.0540. The number of anilines is 1. The van der Waals surface area contributed by atoms with Gasteiger partial charge in [0.2, 0.25) is 0 Å². The second-order valence-corrected chi connectivity index (χ2v) is 4.06. The predicted molar refractivity (Wildman–Crippen MR) is 69.3 cm³/mol. The molecule has 1 aromatic heterocycles. The van der Waals surface area contributed by atoms with E-state index in [0.29, 0.717) is 0 Å². The molecule has 0 bridgehead atoms. The molecule has 110 valence electrons. The van der Waals surface area contributed by atoms with E-state index in [0.717, 1.165) is 12.1 Å². The van der Waals surface area contributed by atoms with Gasteiger partial charge in [-0.25, -0.2) is 0 Å². The fraction of sp³-hybridized carbons (Fsp3) is 0.0769. The molecule has 0 saturated carbocycles. The van der Waals surface area contributed by atoms with Gasteiger partial charge < -0.3 is 16.2 Å². The van der Waals surface area contributed by atoms with E-state index >= 15 is 0 Å². The van der Waals surface area contributed by atoms with Crippen molar-refractivity contribution in [3.63, 3.8) is 0 Å². The van der Waals surface area contributed by atoms with E-state index in [2.05, 4.69) is 9.72 Å². The number of primary amides is 1. The van der Waals surface area contributed by atoms with Crippen LogP contribution in [0.3, 0.4) is 0 Å². The first kappa shape index (κ1) is 14.6. The number of hydrogen-bond acceptors (Lipinski definition) is 4. The second kappa shape index (κ2) is 5.31. The van der Waals surface area contributed by atoms with E-state index in [4.69, 9.17) is 11.5 Å². The number of pyridine rings is 1. The van der Waals surface area contributed by atoms with E-state index in [-0.39, 0.29) is 22.5 Å². The second-order valence-electron chi connectivity index (χ2n) is 4.06. The van der Waals surface area contributed by atoms with Crippen molar-refractivity contribution in [2.24, 2.45) is 5.73 Å². The summed E-state index contributed by atoms with van der Waals surface area (Å²) >= 11 is 0. The van der Waals surface area contributed by atoms with Crippen LogP contribution in [-0.2, 0) is 0 Å².